The average Bonchev–Trinajstić information content (AvgIpc) is 2.53. The molecule has 0 radical (unpaired) electrons. The predicted octanol–water partition coefficient (Wildman–Crippen LogP) is 3.87. The van der Waals surface area contributed by atoms with E-state index in [1.807, 2.05) is 13.8 Å². The number of rotatable bonds is 6. The number of nitrogens with one attached hydrogen (secondary N) is 2. The Morgan fingerprint density at radius 2 is 2.09 bits per heavy atom. The number of hydrogen-bond acceptors (Lipinski definition) is 4. The lowest BCUT2D eigenvalue weighted by Crippen LogP contribution is -2.28. The lowest BCUT2D eigenvalue weighted by atomic mass is 10.2. The van der Waals surface area contributed by atoms with Gasteiger partial charge in [0.2, 0.25) is 0 Å². The Bertz CT molecular complexity index is 689. The third kappa shape index (κ3) is 4.86. The number of anilines is 2. The zero-order valence-corrected chi connectivity index (χ0v) is 14.1. The number of pyridine rings is 1. The number of methoxy groups -OCH3 is 1. The minimum atomic E-state index is -0.194. The first kappa shape index (κ1) is 17.1. The normalized spacial score (nSPS) is 10.5. The molecule has 0 unspecified atom stereocenters. The number of nitrogens with zero attached hydrogens (tertiary/aromatic N) is 1. The Balaban J connectivity index is 2.17. The van der Waals surface area contributed by atoms with Crippen LogP contribution in [-0.4, -0.2) is 24.5 Å². The first-order valence-corrected chi connectivity index (χ1v) is 7.72. The van der Waals surface area contributed by atoms with Crippen molar-refractivity contribution in [2.45, 2.75) is 13.8 Å². The van der Waals surface area contributed by atoms with Crippen LogP contribution in [-0.2, 0) is 0 Å². The molecule has 5 nitrogen and oxygen atoms in total. The molecule has 0 aliphatic heterocycles. The summed E-state index contributed by atoms with van der Waals surface area (Å²) in [5, 5.41) is 6.64. The third-order valence-corrected chi connectivity index (χ3v) is 3.34. The molecule has 1 aromatic carbocycles. The molecular formula is C17H20ClN3O2. The molecule has 0 aliphatic carbocycles. The number of amides is 1. The van der Waals surface area contributed by atoms with Gasteiger partial charge in [-0.25, -0.2) is 0 Å². The molecule has 122 valence electrons. The van der Waals surface area contributed by atoms with Crippen LogP contribution >= 0.6 is 11.6 Å². The molecule has 0 saturated heterocycles. The van der Waals surface area contributed by atoms with Crippen LogP contribution < -0.4 is 15.4 Å². The molecule has 1 heterocycles. The minimum Gasteiger partial charge on any atom is -0.495 e. The number of ether oxygens (including phenoxy) is 1. The standard InChI is InChI=1S/C17H20ClN3O2/c1-11(2)10-20-17(22)15-9-13(6-7-19-15)21-14-8-12(18)4-5-16(14)23-3/h4-9,11H,10H2,1-3H3,(H,19,21)(H,20,22). The van der Waals surface area contributed by atoms with Gasteiger partial charge in [0, 0.05) is 23.5 Å². The zero-order chi connectivity index (χ0) is 16.8. The van der Waals surface area contributed by atoms with Crippen LogP contribution in [0.4, 0.5) is 11.4 Å². The van der Waals surface area contributed by atoms with Crippen LogP contribution in [0.3, 0.4) is 0 Å². The maximum absolute atomic E-state index is 12.1. The van der Waals surface area contributed by atoms with Crippen LogP contribution in [0.1, 0.15) is 24.3 Å². The van der Waals surface area contributed by atoms with Crippen molar-refractivity contribution in [3.05, 3.63) is 47.2 Å². The van der Waals surface area contributed by atoms with Gasteiger partial charge in [0.25, 0.3) is 5.91 Å². The van der Waals surface area contributed by atoms with Crippen molar-refractivity contribution < 1.29 is 9.53 Å². The molecule has 2 aromatic rings. The Morgan fingerprint density at radius 3 is 2.78 bits per heavy atom. The summed E-state index contributed by atoms with van der Waals surface area (Å²) in [5.74, 6) is 0.855. The summed E-state index contributed by atoms with van der Waals surface area (Å²) in [6.45, 7) is 4.69. The van der Waals surface area contributed by atoms with Gasteiger partial charge in [-0.05, 0) is 36.2 Å². The molecule has 6 heteroatoms. The lowest BCUT2D eigenvalue weighted by molar-refractivity contribution is 0.0944. The van der Waals surface area contributed by atoms with E-state index in [1.54, 1.807) is 43.6 Å². The highest BCUT2D eigenvalue weighted by atomic mass is 35.5. The Kier molecular flexibility index (Phi) is 5.82. The molecule has 23 heavy (non-hydrogen) atoms. The zero-order valence-electron chi connectivity index (χ0n) is 13.4. The van der Waals surface area contributed by atoms with E-state index < -0.39 is 0 Å². The monoisotopic (exact) mass is 333 g/mol. The van der Waals surface area contributed by atoms with Gasteiger partial charge in [-0.2, -0.15) is 0 Å². The predicted molar refractivity (Wildman–Crippen MR) is 92.7 cm³/mol. The fourth-order valence-electron chi connectivity index (χ4n) is 1.95. The maximum Gasteiger partial charge on any atom is 0.269 e. The van der Waals surface area contributed by atoms with E-state index >= 15 is 0 Å². The van der Waals surface area contributed by atoms with Gasteiger partial charge < -0.3 is 15.4 Å². The molecule has 1 amide bonds. The fraction of sp³-hybridized carbons (Fsp3) is 0.294. The van der Waals surface area contributed by atoms with Crippen molar-refractivity contribution in [2.75, 3.05) is 19.0 Å². The maximum atomic E-state index is 12.1. The highest BCUT2D eigenvalue weighted by Crippen LogP contribution is 2.30. The van der Waals surface area contributed by atoms with E-state index in [1.165, 1.54) is 0 Å². The summed E-state index contributed by atoms with van der Waals surface area (Å²) < 4.78 is 5.30. The molecule has 1 aromatic heterocycles. The quantitative estimate of drug-likeness (QED) is 0.842. The van der Waals surface area contributed by atoms with Gasteiger partial charge in [-0.1, -0.05) is 25.4 Å². The van der Waals surface area contributed by atoms with Gasteiger partial charge in [-0.15, -0.1) is 0 Å². The number of aromatic nitrogens is 1. The van der Waals surface area contributed by atoms with E-state index in [0.29, 0.717) is 28.9 Å². The van der Waals surface area contributed by atoms with E-state index in [4.69, 9.17) is 16.3 Å². The van der Waals surface area contributed by atoms with E-state index in [9.17, 15) is 4.79 Å². The van der Waals surface area contributed by atoms with Crippen LogP contribution in [0.5, 0.6) is 5.75 Å². The van der Waals surface area contributed by atoms with Crippen LogP contribution in [0.25, 0.3) is 0 Å². The van der Waals surface area contributed by atoms with Gasteiger partial charge in [-0.3, -0.25) is 9.78 Å². The summed E-state index contributed by atoms with van der Waals surface area (Å²) in [6.07, 6.45) is 1.59. The Hall–Kier alpha value is -2.27. The Morgan fingerprint density at radius 1 is 1.30 bits per heavy atom. The number of carbonyl (C=O) groups excluding carboxylic acids is 1. The number of halogens is 1. The van der Waals surface area contributed by atoms with Crippen molar-refractivity contribution in [1.29, 1.82) is 0 Å². The molecule has 0 atom stereocenters. The number of benzene rings is 1. The van der Waals surface area contributed by atoms with Crippen LogP contribution in [0, 0.1) is 5.92 Å². The summed E-state index contributed by atoms with van der Waals surface area (Å²) in [5.41, 5.74) is 1.81. The first-order valence-electron chi connectivity index (χ1n) is 7.34. The van der Waals surface area contributed by atoms with Crippen molar-refractivity contribution in [3.63, 3.8) is 0 Å². The molecule has 2 N–H and O–H groups in total. The average molecular weight is 334 g/mol. The summed E-state index contributed by atoms with van der Waals surface area (Å²) in [7, 11) is 1.59. The second kappa shape index (κ2) is 7.83. The number of carbonyl (C=O) groups is 1. The molecule has 0 saturated carbocycles. The van der Waals surface area contributed by atoms with Gasteiger partial charge in [0.1, 0.15) is 11.4 Å². The molecule has 2 rings (SSSR count). The fourth-order valence-corrected chi connectivity index (χ4v) is 2.13. The van der Waals surface area contributed by atoms with Crippen LogP contribution in [0.15, 0.2) is 36.5 Å². The molecule has 0 aliphatic rings. The first-order chi connectivity index (χ1) is 11.0. The smallest absolute Gasteiger partial charge is 0.269 e. The van der Waals surface area contributed by atoms with Gasteiger partial charge in [0.15, 0.2) is 0 Å². The second-order valence-corrected chi connectivity index (χ2v) is 5.94. The number of hydrogen-bond donors (Lipinski definition) is 2. The second-order valence-electron chi connectivity index (χ2n) is 5.50. The minimum absolute atomic E-state index is 0.194. The highest BCUT2D eigenvalue weighted by molar-refractivity contribution is 6.31. The van der Waals surface area contributed by atoms with E-state index in [0.717, 1.165) is 11.4 Å². The summed E-state index contributed by atoms with van der Waals surface area (Å²) >= 11 is 6.02. The molecule has 0 spiro atoms. The summed E-state index contributed by atoms with van der Waals surface area (Å²) in [6, 6.07) is 8.76. The van der Waals surface area contributed by atoms with Gasteiger partial charge >= 0.3 is 0 Å². The third-order valence-electron chi connectivity index (χ3n) is 3.10. The lowest BCUT2D eigenvalue weighted by Gasteiger charge is -2.12. The van der Waals surface area contributed by atoms with Gasteiger partial charge in [0.05, 0.1) is 12.8 Å². The Labute approximate surface area is 141 Å². The molecule has 0 fully saturated rings. The molecule has 0 bridgehead atoms. The van der Waals surface area contributed by atoms with Crippen molar-refractivity contribution in [3.8, 4) is 5.75 Å². The van der Waals surface area contributed by atoms with Crippen molar-refractivity contribution in [2.24, 2.45) is 5.92 Å². The SMILES string of the molecule is COc1ccc(Cl)cc1Nc1ccnc(C(=O)NCC(C)C)c1. The summed E-state index contributed by atoms with van der Waals surface area (Å²) in [4.78, 5) is 16.2. The van der Waals surface area contributed by atoms with E-state index in [2.05, 4.69) is 15.6 Å². The van der Waals surface area contributed by atoms with Crippen molar-refractivity contribution >= 4 is 28.9 Å². The highest BCUT2D eigenvalue weighted by Gasteiger charge is 2.10. The van der Waals surface area contributed by atoms with Crippen LogP contribution in [0.2, 0.25) is 5.02 Å². The van der Waals surface area contributed by atoms with E-state index in [-0.39, 0.29) is 5.91 Å². The molecular weight excluding hydrogens is 314 g/mol. The topological polar surface area (TPSA) is 63.2 Å². The van der Waals surface area contributed by atoms with Crippen molar-refractivity contribution in [1.82, 2.24) is 10.3 Å². The largest absolute Gasteiger partial charge is 0.495 e.